The van der Waals surface area contributed by atoms with Gasteiger partial charge in [0.15, 0.2) is 0 Å². The molecule has 4 aromatic rings. The molecule has 208 valence electrons. The zero-order valence-electron chi connectivity index (χ0n) is 22.7. The first kappa shape index (κ1) is 28.8. The Hall–Kier alpha value is -4.15. The van der Waals surface area contributed by atoms with E-state index in [2.05, 4.69) is 10.0 Å². The van der Waals surface area contributed by atoms with Crippen LogP contribution >= 0.6 is 0 Å². The number of benzene rings is 4. The van der Waals surface area contributed by atoms with E-state index in [1.165, 1.54) is 36.4 Å². The summed E-state index contributed by atoms with van der Waals surface area (Å²) < 4.78 is 56.5. The quantitative estimate of drug-likeness (QED) is 0.271. The maximum atomic E-state index is 13.6. The lowest BCUT2D eigenvalue weighted by molar-refractivity contribution is -0.114. The summed E-state index contributed by atoms with van der Waals surface area (Å²) >= 11 is 0. The van der Waals surface area contributed by atoms with Crippen LogP contribution in [0.4, 0.5) is 17.1 Å². The van der Waals surface area contributed by atoms with Crippen LogP contribution in [0, 0.1) is 27.7 Å². The number of aryl methyl sites for hydroxylation is 4. The highest BCUT2D eigenvalue weighted by atomic mass is 32.2. The number of hydrogen-bond donors (Lipinski definition) is 2. The Balaban J connectivity index is 1.53. The van der Waals surface area contributed by atoms with Gasteiger partial charge in [-0.3, -0.25) is 13.8 Å². The van der Waals surface area contributed by atoms with Crippen molar-refractivity contribution in [3.63, 3.8) is 0 Å². The Morgan fingerprint density at radius 3 is 1.93 bits per heavy atom. The summed E-state index contributed by atoms with van der Waals surface area (Å²) in [5.41, 5.74) is 4.90. The molecule has 8 nitrogen and oxygen atoms in total. The zero-order chi connectivity index (χ0) is 29.1. The van der Waals surface area contributed by atoms with E-state index in [-0.39, 0.29) is 9.79 Å². The maximum Gasteiger partial charge on any atom is 0.264 e. The van der Waals surface area contributed by atoms with Crippen molar-refractivity contribution in [3.8, 4) is 0 Å². The molecule has 0 heterocycles. The van der Waals surface area contributed by atoms with Crippen molar-refractivity contribution >= 4 is 43.0 Å². The van der Waals surface area contributed by atoms with Crippen LogP contribution in [0.2, 0.25) is 0 Å². The van der Waals surface area contributed by atoms with Crippen molar-refractivity contribution in [2.45, 2.75) is 37.5 Å². The number of sulfonamides is 2. The zero-order valence-corrected chi connectivity index (χ0v) is 24.3. The molecule has 0 fully saturated rings. The van der Waals surface area contributed by atoms with Gasteiger partial charge in [0.1, 0.15) is 6.54 Å². The summed E-state index contributed by atoms with van der Waals surface area (Å²) in [6.45, 7) is 7.06. The average Bonchev–Trinajstić information content (AvgIpc) is 2.90. The summed E-state index contributed by atoms with van der Waals surface area (Å²) in [7, 11) is -7.90. The van der Waals surface area contributed by atoms with E-state index in [1.54, 1.807) is 42.5 Å². The Morgan fingerprint density at radius 1 is 0.675 bits per heavy atom. The molecule has 0 aliphatic rings. The molecule has 0 radical (unpaired) electrons. The number of carbonyl (C=O) groups is 1. The molecule has 0 aliphatic carbocycles. The molecular weight excluding hydrogens is 546 g/mol. The highest BCUT2D eigenvalue weighted by Gasteiger charge is 2.27. The van der Waals surface area contributed by atoms with Gasteiger partial charge in [0, 0.05) is 11.4 Å². The van der Waals surface area contributed by atoms with E-state index in [4.69, 9.17) is 0 Å². The third kappa shape index (κ3) is 6.70. The van der Waals surface area contributed by atoms with Crippen molar-refractivity contribution in [3.05, 3.63) is 113 Å². The number of hydrogen-bond acceptors (Lipinski definition) is 5. The normalized spacial score (nSPS) is 11.6. The summed E-state index contributed by atoms with van der Waals surface area (Å²) in [5, 5.41) is 2.67. The molecule has 4 aromatic carbocycles. The Morgan fingerprint density at radius 2 is 1.30 bits per heavy atom. The minimum absolute atomic E-state index is 0.0204. The molecule has 4 rings (SSSR count). The molecule has 0 saturated heterocycles. The van der Waals surface area contributed by atoms with Crippen LogP contribution in [0.1, 0.15) is 22.3 Å². The molecular formula is C30H31N3O5S2. The predicted octanol–water partition coefficient (Wildman–Crippen LogP) is 5.56. The smallest absolute Gasteiger partial charge is 0.264 e. The second-order valence-electron chi connectivity index (χ2n) is 9.64. The fraction of sp³-hybridized carbons (Fsp3) is 0.167. The van der Waals surface area contributed by atoms with Gasteiger partial charge in [-0.1, -0.05) is 35.9 Å². The molecule has 1 amide bonds. The van der Waals surface area contributed by atoms with Crippen molar-refractivity contribution in [1.29, 1.82) is 0 Å². The number of rotatable bonds is 9. The second kappa shape index (κ2) is 11.5. The Bertz CT molecular complexity index is 1750. The van der Waals surface area contributed by atoms with Crippen molar-refractivity contribution in [2.75, 3.05) is 20.9 Å². The molecule has 0 atom stereocenters. The first-order valence-electron chi connectivity index (χ1n) is 12.5. The van der Waals surface area contributed by atoms with Crippen LogP contribution < -0.4 is 14.3 Å². The SMILES string of the molecule is Cc1ccc(S(=O)(=O)N(CC(=O)Nc2ccc(S(=O)(=O)Nc3ccc(C)c(C)c3)cc2)c2cccc(C)c2)cc1. The topological polar surface area (TPSA) is 113 Å². The van der Waals surface area contributed by atoms with Gasteiger partial charge in [-0.15, -0.1) is 0 Å². The summed E-state index contributed by atoms with van der Waals surface area (Å²) in [6.07, 6.45) is 0. The number of anilines is 3. The monoisotopic (exact) mass is 577 g/mol. The third-order valence-corrected chi connectivity index (χ3v) is 9.58. The number of nitrogens with zero attached hydrogens (tertiary/aromatic N) is 1. The summed E-state index contributed by atoms with van der Waals surface area (Å²) in [6, 6.07) is 24.3. The van der Waals surface area contributed by atoms with E-state index >= 15 is 0 Å². The first-order valence-corrected chi connectivity index (χ1v) is 15.4. The highest BCUT2D eigenvalue weighted by Crippen LogP contribution is 2.25. The predicted molar refractivity (Wildman–Crippen MR) is 159 cm³/mol. The largest absolute Gasteiger partial charge is 0.325 e. The summed E-state index contributed by atoms with van der Waals surface area (Å²) in [4.78, 5) is 13.1. The molecule has 40 heavy (non-hydrogen) atoms. The van der Waals surface area contributed by atoms with Crippen molar-refractivity contribution < 1.29 is 21.6 Å². The van der Waals surface area contributed by atoms with E-state index in [0.717, 1.165) is 26.6 Å². The van der Waals surface area contributed by atoms with Crippen molar-refractivity contribution in [2.24, 2.45) is 0 Å². The lowest BCUT2D eigenvalue weighted by atomic mass is 10.1. The van der Waals surface area contributed by atoms with E-state index in [9.17, 15) is 21.6 Å². The van der Waals surface area contributed by atoms with Crippen LogP contribution in [-0.4, -0.2) is 29.3 Å². The lowest BCUT2D eigenvalue weighted by Crippen LogP contribution is -2.38. The van der Waals surface area contributed by atoms with Gasteiger partial charge in [0.25, 0.3) is 20.0 Å². The molecule has 10 heteroatoms. The standard InChI is InChI=1S/C30H31N3O5S2/c1-21-8-14-29(15-9-21)40(37,38)33(27-7-5-6-22(2)18-27)20-30(34)31-25-12-16-28(17-13-25)39(35,36)32-26-11-10-23(3)24(4)19-26/h5-19,32H,20H2,1-4H3,(H,31,34). The molecule has 0 saturated carbocycles. The van der Waals surface area contributed by atoms with Gasteiger partial charge in [-0.25, -0.2) is 16.8 Å². The maximum absolute atomic E-state index is 13.6. The molecule has 0 aliphatic heterocycles. The van der Waals surface area contributed by atoms with Gasteiger partial charge in [-0.05, 0) is 105 Å². The molecule has 0 aromatic heterocycles. The van der Waals surface area contributed by atoms with Gasteiger partial charge >= 0.3 is 0 Å². The van der Waals surface area contributed by atoms with E-state index in [0.29, 0.717) is 17.1 Å². The molecule has 0 bridgehead atoms. The Labute approximate surface area is 235 Å². The van der Waals surface area contributed by atoms with Crippen molar-refractivity contribution in [1.82, 2.24) is 0 Å². The molecule has 0 spiro atoms. The third-order valence-electron chi connectivity index (χ3n) is 6.39. The van der Waals surface area contributed by atoms with Gasteiger partial charge in [-0.2, -0.15) is 0 Å². The van der Waals surface area contributed by atoms with Gasteiger partial charge in [0.05, 0.1) is 15.5 Å². The fourth-order valence-electron chi connectivity index (χ4n) is 4.00. The van der Waals surface area contributed by atoms with E-state index < -0.39 is 32.5 Å². The van der Waals surface area contributed by atoms with Gasteiger partial charge in [0.2, 0.25) is 5.91 Å². The fourth-order valence-corrected chi connectivity index (χ4v) is 6.47. The average molecular weight is 578 g/mol. The number of carbonyl (C=O) groups excluding carboxylic acids is 1. The Kier molecular flexibility index (Phi) is 8.32. The number of nitrogens with one attached hydrogen (secondary N) is 2. The first-order chi connectivity index (χ1) is 18.8. The number of amides is 1. The van der Waals surface area contributed by atoms with Crippen LogP contribution in [-0.2, 0) is 24.8 Å². The molecule has 0 unspecified atom stereocenters. The van der Waals surface area contributed by atoms with Gasteiger partial charge < -0.3 is 5.32 Å². The van der Waals surface area contributed by atoms with Crippen LogP contribution in [0.25, 0.3) is 0 Å². The second-order valence-corrected chi connectivity index (χ2v) is 13.2. The minimum Gasteiger partial charge on any atom is -0.325 e. The molecule has 2 N–H and O–H groups in total. The van der Waals surface area contributed by atoms with Crippen LogP contribution in [0.15, 0.2) is 101 Å². The van der Waals surface area contributed by atoms with E-state index in [1.807, 2.05) is 39.8 Å². The lowest BCUT2D eigenvalue weighted by Gasteiger charge is -2.24. The highest BCUT2D eigenvalue weighted by molar-refractivity contribution is 7.93. The summed E-state index contributed by atoms with van der Waals surface area (Å²) in [5.74, 6) is -0.582. The minimum atomic E-state index is -4.05. The van der Waals surface area contributed by atoms with Crippen LogP contribution in [0.3, 0.4) is 0 Å². The van der Waals surface area contributed by atoms with Crippen LogP contribution in [0.5, 0.6) is 0 Å².